The Morgan fingerprint density at radius 1 is 1.41 bits per heavy atom. The summed E-state index contributed by atoms with van der Waals surface area (Å²) in [5.74, 6) is -0.220. The number of carbonyl (C=O) groups is 2. The summed E-state index contributed by atoms with van der Waals surface area (Å²) in [6.07, 6.45) is 1.30. The zero-order chi connectivity index (χ0) is 12.4. The molecule has 1 aliphatic rings. The Morgan fingerprint density at radius 3 is 2.82 bits per heavy atom. The average molecular weight is 233 g/mol. The molecule has 1 heterocycles. The minimum atomic E-state index is -0.340. The smallest absolute Gasteiger partial charge is 0.337 e. The van der Waals surface area contributed by atoms with Crippen molar-refractivity contribution >= 4 is 17.6 Å². The summed E-state index contributed by atoms with van der Waals surface area (Å²) in [6.45, 7) is 2.55. The first-order valence-corrected chi connectivity index (χ1v) is 5.69. The van der Waals surface area contributed by atoms with Gasteiger partial charge in [0.25, 0.3) is 0 Å². The minimum absolute atomic E-state index is 0.120. The first-order chi connectivity index (χ1) is 8.17. The van der Waals surface area contributed by atoms with Crippen LogP contribution in [0.2, 0.25) is 0 Å². The van der Waals surface area contributed by atoms with Gasteiger partial charge in [0.15, 0.2) is 0 Å². The molecule has 0 unspecified atom stereocenters. The fraction of sp³-hybridized carbons (Fsp3) is 0.385. The van der Waals surface area contributed by atoms with Gasteiger partial charge in [-0.05, 0) is 30.2 Å². The fourth-order valence-corrected chi connectivity index (χ4v) is 2.10. The lowest BCUT2D eigenvalue weighted by atomic mass is 10.1. The average Bonchev–Trinajstić information content (AvgIpc) is 2.79. The highest BCUT2D eigenvalue weighted by molar-refractivity contribution is 5.97. The van der Waals surface area contributed by atoms with E-state index < -0.39 is 0 Å². The van der Waals surface area contributed by atoms with Crippen LogP contribution in [0.4, 0.5) is 5.69 Å². The molecule has 0 aliphatic carbocycles. The van der Waals surface area contributed by atoms with Crippen LogP contribution in [0.3, 0.4) is 0 Å². The number of fused-ring (bicyclic) bond motifs is 1. The van der Waals surface area contributed by atoms with E-state index in [9.17, 15) is 9.59 Å². The Kier molecular flexibility index (Phi) is 3.13. The summed E-state index contributed by atoms with van der Waals surface area (Å²) in [7, 11) is 1.36. The standard InChI is InChI=1S/C13H15NO3/c1-3-12(15)14-7-6-9-8-10(13(16)17-2)4-5-11(9)14/h4-5,8H,3,6-7H2,1-2H3. The molecule has 4 nitrogen and oxygen atoms in total. The molecular weight excluding hydrogens is 218 g/mol. The molecule has 0 atom stereocenters. The van der Waals surface area contributed by atoms with Gasteiger partial charge in [0.1, 0.15) is 0 Å². The number of ether oxygens (including phenoxy) is 1. The number of rotatable bonds is 2. The summed E-state index contributed by atoms with van der Waals surface area (Å²) < 4.78 is 4.67. The molecule has 4 heteroatoms. The van der Waals surface area contributed by atoms with Crippen LogP contribution >= 0.6 is 0 Å². The van der Waals surface area contributed by atoms with Crippen LogP contribution in [-0.4, -0.2) is 25.5 Å². The third-order valence-corrected chi connectivity index (χ3v) is 3.00. The minimum Gasteiger partial charge on any atom is -0.465 e. The molecule has 0 saturated carbocycles. The van der Waals surface area contributed by atoms with Crippen LogP contribution < -0.4 is 4.90 Å². The van der Waals surface area contributed by atoms with Crippen molar-refractivity contribution in [2.24, 2.45) is 0 Å². The number of anilines is 1. The van der Waals surface area contributed by atoms with Gasteiger partial charge in [-0.2, -0.15) is 0 Å². The van der Waals surface area contributed by atoms with Crippen LogP contribution in [-0.2, 0) is 16.0 Å². The van der Waals surface area contributed by atoms with Crippen LogP contribution in [0.25, 0.3) is 0 Å². The van der Waals surface area contributed by atoms with Gasteiger partial charge in [-0.15, -0.1) is 0 Å². The van der Waals surface area contributed by atoms with E-state index in [2.05, 4.69) is 4.74 Å². The van der Waals surface area contributed by atoms with E-state index in [1.165, 1.54) is 7.11 Å². The van der Waals surface area contributed by atoms with Crippen LogP contribution in [0, 0.1) is 0 Å². The van der Waals surface area contributed by atoms with Gasteiger partial charge in [0.05, 0.1) is 12.7 Å². The molecule has 0 spiro atoms. The van der Waals surface area contributed by atoms with Crippen LogP contribution in [0.1, 0.15) is 29.3 Å². The van der Waals surface area contributed by atoms with Crippen LogP contribution in [0.5, 0.6) is 0 Å². The Hall–Kier alpha value is -1.84. The zero-order valence-electron chi connectivity index (χ0n) is 10.0. The monoisotopic (exact) mass is 233 g/mol. The SMILES string of the molecule is CCC(=O)N1CCc2cc(C(=O)OC)ccc21. The first-order valence-electron chi connectivity index (χ1n) is 5.69. The molecule has 0 saturated heterocycles. The molecule has 0 N–H and O–H groups in total. The summed E-state index contributed by atoms with van der Waals surface area (Å²) in [4.78, 5) is 24.8. The van der Waals surface area contributed by atoms with E-state index >= 15 is 0 Å². The van der Waals surface area contributed by atoms with Crippen molar-refractivity contribution < 1.29 is 14.3 Å². The largest absolute Gasteiger partial charge is 0.465 e. The van der Waals surface area contributed by atoms with E-state index in [-0.39, 0.29) is 11.9 Å². The quantitative estimate of drug-likeness (QED) is 0.731. The van der Waals surface area contributed by atoms with E-state index in [0.717, 1.165) is 17.7 Å². The van der Waals surface area contributed by atoms with Crippen molar-refractivity contribution in [1.82, 2.24) is 0 Å². The highest BCUT2D eigenvalue weighted by Gasteiger charge is 2.24. The van der Waals surface area contributed by atoms with Gasteiger partial charge in [0.2, 0.25) is 5.91 Å². The lowest BCUT2D eigenvalue weighted by Gasteiger charge is -2.16. The number of hydrogen-bond acceptors (Lipinski definition) is 3. The highest BCUT2D eigenvalue weighted by Crippen LogP contribution is 2.29. The Balaban J connectivity index is 2.32. The van der Waals surface area contributed by atoms with Crippen molar-refractivity contribution in [1.29, 1.82) is 0 Å². The molecule has 1 aromatic carbocycles. The Labute approximate surface area is 100 Å². The number of carbonyl (C=O) groups excluding carboxylic acids is 2. The van der Waals surface area contributed by atoms with E-state index in [1.807, 2.05) is 19.1 Å². The highest BCUT2D eigenvalue weighted by atomic mass is 16.5. The van der Waals surface area contributed by atoms with Crippen molar-refractivity contribution in [2.45, 2.75) is 19.8 Å². The molecule has 17 heavy (non-hydrogen) atoms. The Morgan fingerprint density at radius 2 is 2.18 bits per heavy atom. The van der Waals surface area contributed by atoms with Crippen molar-refractivity contribution in [3.63, 3.8) is 0 Å². The van der Waals surface area contributed by atoms with Crippen molar-refractivity contribution in [3.05, 3.63) is 29.3 Å². The molecule has 0 fully saturated rings. The van der Waals surface area contributed by atoms with E-state index in [1.54, 1.807) is 11.0 Å². The molecule has 0 aromatic heterocycles. The fourth-order valence-electron chi connectivity index (χ4n) is 2.10. The summed E-state index contributed by atoms with van der Waals surface area (Å²) in [5, 5.41) is 0. The number of hydrogen-bond donors (Lipinski definition) is 0. The zero-order valence-corrected chi connectivity index (χ0v) is 10.0. The van der Waals surface area contributed by atoms with Crippen LogP contribution in [0.15, 0.2) is 18.2 Å². The second-order valence-electron chi connectivity index (χ2n) is 3.98. The van der Waals surface area contributed by atoms with Crippen molar-refractivity contribution in [2.75, 3.05) is 18.6 Å². The molecule has 90 valence electrons. The predicted molar refractivity (Wildman–Crippen MR) is 64.1 cm³/mol. The molecule has 0 radical (unpaired) electrons. The lowest BCUT2D eigenvalue weighted by molar-refractivity contribution is -0.118. The molecular formula is C13H15NO3. The lowest BCUT2D eigenvalue weighted by Crippen LogP contribution is -2.27. The molecule has 1 amide bonds. The van der Waals surface area contributed by atoms with Gasteiger partial charge in [-0.25, -0.2) is 4.79 Å². The molecule has 1 aromatic rings. The summed E-state index contributed by atoms with van der Waals surface area (Å²) in [6, 6.07) is 5.33. The van der Waals surface area contributed by atoms with E-state index in [4.69, 9.17) is 0 Å². The first kappa shape index (κ1) is 11.6. The number of esters is 1. The maximum absolute atomic E-state index is 11.7. The number of benzene rings is 1. The Bertz CT molecular complexity index is 468. The number of methoxy groups -OCH3 is 1. The topological polar surface area (TPSA) is 46.6 Å². The predicted octanol–water partition coefficient (Wildman–Crippen LogP) is 1.77. The van der Waals surface area contributed by atoms with E-state index in [0.29, 0.717) is 18.5 Å². The van der Waals surface area contributed by atoms with Gasteiger partial charge in [-0.3, -0.25) is 4.79 Å². The second-order valence-corrected chi connectivity index (χ2v) is 3.98. The number of nitrogens with zero attached hydrogens (tertiary/aromatic N) is 1. The maximum atomic E-state index is 11.7. The van der Waals surface area contributed by atoms with Gasteiger partial charge >= 0.3 is 5.97 Å². The molecule has 2 rings (SSSR count). The third-order valence-electron chi connectivity index (χ3n) is 3.00. The molecule has 1 aliphatic heterocycles. The van der Waals surface area contributed by atoms with Gasteiger partial charge < -0.3 is 9.64 Å². The van der Waals surface area contributed by atoms with Gasteiger partial charge in [0, 0.05) is 18.7 Å². The van der Waals surface area contributed by atoms with Crippen molar-refractivity contribution in [3.8, 4) is 0 Å². The summed E-state index contributed by atoms with van der Waals surface area (Å²) >= 11 is 0. The maximum Gasteiger partial charge on any atom is 0.337 e. The summed E-state index contributed by atoms with van der Waals surface area (Å²) in [5.41, 5.74) is 2.50. The second kappa shape index (κ2) is 4.57. The number of amides is 1. The third kappa shape index (κ3) is 2.02. The normalized spacial score (nSPS) is 13.4. The molecule has 0 bridgehead atoms. The van der Waals surface area contributed by atoms with Gasteiger partial charge in [-0.1, -0.05) is 6.92 Å².